The van der Waals surface area contributed by atoms with E-state index in [-0.39, 0.29) is 29.2 Å². The van der Waals surface area contributed by atoms with Crippen molar-refractivity contribution in [3.05, 3.63) is 107 Å². The van der Waals surface area contributed by atoms with E-state index in [1.807, 2.05) is 20.8 Å². The van der Waals surface area contributed by atoms with E-state index in [1.165, 1.54) is 33.6 Å². The van der Waals surface area contributed by atoms with Crippen LogP contribution in [0.4, 0.5) is 5.13 Å². The number of hydrogen-bond acceptors (Lipinski definition) is 10. The molecule has 1 fully saturated rings. The fourth-order valence-electron chi connectivity index (χ4n) is 5.49. The Morgan fingerprint density at radius 3 is 2.67 bits per heavy atom. The number of carbonyl (C=O) groups excluding carboxylic acids is 2. The summed E-state index contributed by atoms with van der Waals surface area (Å²) >= 11 is 2.71. The van der Waals surface area contributed by atoms with Crippen molar-refractivity contribution < 1.29 is 28.9 Å². The fourth-order valence-corrected chi connectivity index (χ4v) is 7.31. The number of aliphatic hydroxyl groups excluding tert-OH is 1. The lowest BCUT2D eigenvalue weighted by Crippen LogP contribution is -2.29. The van der Waals surface area contributed by atoms with E-state index in [1.54, 1.807) is 42.5 Å². The van der Waals surface area contributed by atoms with Crippen molar-refractivity contribution in [3.8, 4) is 17.2 Å². The van der Waals surface area contributed by atoms with Crippen LogP contribution in [0.5, 0.6) is 17.2 Å². The lowest BCUT2D eigenvalue weighted by Gasteiger charge is -2.23. The molecule has 1 N–H and O–H groups in total. The lowest BCUT2D eigenvalue weighted by atomic mass is 9.94. The van der Waals surface area contributed by atoms with Gasteiger partial charge < -0.3 is 19.3 Å². The highest BCUT2D eigenvalue weighted by molar-refractivity contribution is 8.00. The Bertz CT molecular complexity index is 1830. The van der Waals surface area contributed by atoms with Gasteiger partial charge in [0.2, 0.25) is 5.13 Å². The summed E-state index contributed by atoms with van der Waals surface area (Å²) in [5.74, 6) is 0.423. The molecule has 0 spiro atoms. The monoisotopic (exact) mass is 655 g/mol. The minimum atomic E-state index is -1.00. The first-order valence-corrected chi connectivity index (χ1v) is 16.7. The molecule has 46 heavy (non-hydrogen) atoms. The third-order valence-corrected chi connectivity index (χ3v) is 9.77. The first kappa shape index (κ1) is 31.4. The van der Waals surface area contributed by atoms with Crippen LogP contribution in [0, 0.1) is 6.92 Å². The summed E-state index contributed by atoms with van der Waals surface area (Å²) in [6, 6.07) is 17.7. The first-order chi connectivity index (χ1) is 22.3. The molecular weight excluding hydrogens is 623 g/mol. The second kappa shape index (κ2) is 13.4. The molecule has 0 bridgehead atoms. The van der Waals surface area contributed by atoms with Crippen LogP contribution < -0.4 is 19.1 Å². The Balaban J connectivity index is 1.42. The third-order valence-electron chi connectivity index (χ3n) is 7.64. The Morgan fingerprint density at radius 1 is 1.11 bits per heavy atom. The summed E-state index contributed by atoms with van der Waals surface area (Å²) in [6.45, 7) is 10.2. The number of benzene rings is 3. The number of aliphatic hydroxyl groups is 1. The molecule has 2 aliphatic rings. The van der Waals surface area contributed by atoms with Crippen molar-refractivity contribution in [3.63, 3.8) is 0 Å². The zero-order valence-corrected chi connectivity index (χ0v) is 27.3. The maximum atomic E-state index is 13.8. The molecular formula is C35H33N3O6S2. The van der Waals surface area contributed by atoms with Gasteiger partial charge >= 0.3 is 5.91 Å². The number of aryl methyl sites for hydroxylation is 1. The Labute approximate surface area is 275 Å². The molecule has 1 saturated heterocycles. The number of ether oxygens (including phenoxy) is 3. The molecule has 1 amide bonds. The SMILES string of the molecule is C=CCOc1ccc([C@H]2C(=C(O)c3ccc4c(c3)C[C@H](C)O4)C(=O)C(=O)N2c2nnc(SCc3ccc(C)cc3)s2)cc1OCC. The van der Waals surface area contributed by atoms with Crippen LogP contribution >= 0.6 is 23.1 Å². The highest BCUT2D eigenvalue weighted by atomic mass is 32.2. The number of nitrogens with zero attached hydrogens (tertiary/aromatic N) is 3. The molecule has 1 aromatic heterocycles. The van der Waals surface area contributed by atoms with Crippen molar-refractivity contribution in [1.82, 2.24) is 10.2 Å². The van der Waals surface area contributed by atoms with Gasteiger partial charge in [-0.15, -0.1) is 10.2 Å². The molecule has 4 aromatic rings. The van der Waals surface area contributed by atoms with Gasteiger partial charge in [-0.05, 0) is 67.8 Å². The molecule has 0 saturated carbocycles. The van der Waals surface area contributed by atoms with Gasteiger partial charge in [-0.2, -0.15) is 0 Å². The molecule has 0 unspecified atom stereocenters. The number of fused-ring (bicyclic) bond motifs is 1. The van der Waals surface area contributed by atoms with Crippen LogP contribution in [-0.4, -0.2) is 46.3 Å². The molecule has 0 aliphatic carbocycles. The van der Waals surface area contributed by atoms with E-state index in [4.69, 9.17) is 14.2 Å². The van der Waals surface area contributed by atoms with E-state index in [0.717, 1.165) is 16.9 Å². The molecule has 9 nitrogen and oxygen atoms in total. The topological polar surface area (TPSA) is 111 Å². The van der Waals surface area contributed by atoms with Crippen molar-refractivity contribution >= 4 is 45.7 Å². The van der Waals surface area contributed by atoms with E-state index in [2.05, 4.69) is 41.0 Å². The van der Waals surface area contributed by atoms with E-state index in [0.29, 0.717) is 45.7 Å². The van der Waals surface area contributed by atoms with Crippen LogP contribution in [-0.2, 0) is 21.8 Å². The lowest BCUT2D eigenvalue weighted by molar-refractivity contribution is -0.132. The van der Waals surface area contributed by atoms with Gasteiger partial charge in [0.1, 0.15) is 24.2 Å². The average molecular weight is 656 g/mol. The molecule has 11 heteroatoms. The molecule has 3 heterocycles. The maximum Gasteiger partial charge on any atom is 0.301 e. The number of Topliss-reactive ketones (excluding diaryl/α,β-unsaturated/α-hetero) is 1. The predicted octanol–water partition coefficient (Wildman–Crippen LogP) is 7.05. The van der Waals surface area contributed by atoms with Gasteiger partial charge in [0.15, 0.2) is 15.8 Å². The third kappa shape index (κ3) is 6.25. The molecule has 3 aromatic carbocycles. The fraction of sp³-hybridized carbons (Fsp3) is 0.257. The van der Waals surface area contributed by atoms with Gasteiger partial charge in [-0.1, -0.05) is 71.6 Å². The summed E-state index contributed by atoms with van der Waals surface area (Å²) in [5, 5.41) is 20.6. The number of carbonyl (C=O) groups is 2. The van der Waals surface area contributed by atoms with Crippen LogP contribution in [0.15, 0.2) is 83.2 Å². The number of rotatable bonds is 11. The first-order valence-electron chi connectivity index (χ1n) is 14.9. The van der Waals surface area contributed by atoms with Gasteiger partial charge in [-0.25, -0.2) is 0 Å². The largest absolute Gasteiger partial charge is 0.507 e. The smallest absolute Gasteiger partial charge is 0.301 e. The highest BCUT2D eigenvalue weighted by Gasteiger charge is 2.48. The quantitative estimate of drug-likeness (QED) is 0.0454. The van der Waals surface area contributed by atoms with Gasteiger partial charge in [0.25, 0.3) is 5.78 Å². The molecule has 6 rings (SSSR count). The van der Waals surface area contributed by atoms with Crippen molar-refractivity contribution in [2.45, 2.75) is 49.4 Å². The van der Waals surface area contributed by atoms with Crippen LogP contribution in [0.2, 0.25) is 0 Å². The summed E-state index contributed by atoms with van der Waals surface area (Å²) in [5.41, 5.74) is 4.13. The standard InChI is InChI=1S/C35H33N3O6S2/c1-5-15-43-27-14-11-23(18-28(27)42-6-2)30-29(31(39)24-12-13-26-25(17-24)16-21(4)44-26)32(40)33(41)38(30)34-36-37-35(46-34)45-19-22-9-7-20(3)8-10-22/h5,7-14,17-18,21,30,39H,1,6,15-16,19H2,2-4H3/t21-,30-/m0/s1. The normalized spacial score (nSPS) is 18.4. The zero-order valence-electron chi connectivity index (χ0n) is 25.7. The minimum absolute atomic E-state index is 0.00672. The Kier molecular flexibility index (Phi) is 9.14. The van der Waals surface area contributed by atoms with Crippen LogP contribution in [0.1, 0.15) is 47.7 Å². The number of thioether (sulfide) groups is 1. The molecule has 0 radical (unpaired) electrons. The molecule has 2 atom stereocenters. The summed E-state index contributed by atoms with van der Waals surface area (Å²) in [6.07, 6.45) is 2.31. The summed E-state index contributed by atoms with van der Waals surface area (Å²) in [4.78, 5) is 28.9. The number of anilines is 1. The molecule has 236 valence electrons. The van der Waals surface area contributed by atoms with Gasteiger partial charge in [0, 0.05) is 17.7 Å². The number of amides is 1. The summed E-state index contributed by atoms with van der Waals surface area (Å²) < 4.78 is 18.1. The van der Waals surface area contributed by atoms with E-state index < -0.39 is 17.7 Å². The Hall–Kier alpha value is -4.61. The highest BCUT2D eigenvalue weighted by Crippen LogP contribution is 2.46. The van der Waals surface area contributed by atoms with Crippen LogP contribution in [0.3, 0.4) is 0 Å². The average Bonchev–Trinajstić information content (AvgIpc) is 3.74. The number of aromatic nitrogens is 2. The van der Waals surface area contributed by atoms with Crippen molar-refractivity contribution in [1.29, 1.82) is 0 Å². The van der Waals surface area contributed by atoms with E-state index >= 15 is 0 Å². The van der Waals surface area contributed by atoms with Crippen molar-refractivity contribution in [2.75, 3.05) is 18.1 Å². The van der Waals surface area contributed by atoms with Gasteiger partial charge in [-0.3, -0.25) is 14.5 Å². The Morgan fingerprint density at radius 2 is 1.91 bits per heavy atom. The maximum absolute atomic E-state index is 13.8. The summed E-state index contributed by atoms with van der Waals surface area (Å²) in [7, 11) is 0. The minimum Gasteiger partial charge on any atom is -0.507 e. The van der Waals surface area contributed by atoms with E-state index in [9.17, 15) is 14.7 Å². The molecule has 2 aliphatic heterocycles. The zero-order chi connectivity index (χ0) is 32.4. The van der Waals surface area contributed by atoms with Gasteiger partial charge in [0.05, 0.1) is 18.2 Å². The van der Waals surface area contributed by atoms with Crippen LogP contribution in [0.25, 0.3) is 5.76 Å². The second-order valence-electron chi connectivity index (χ2n) is 11.0. The predicted molar refractivity (Wildman–Crippen MR) is 179 cm³/mol. The van der Waals surface area contributed by atoms with Crippen molar-refractivity contribution in [2.24, 2.45) is 0 Å². The number of hydrogen-bond donors (Lipinski definition) is 1. The number of ketones is 1. The second-order valence-corrected chi connectivity index (χ2v) is 13.2.